The predicted molar refractivity (Wildman–Crippen MR) is 103 cm³/mol. The van der Waals surface area contributed by atoms with Crippen molar-refractivity contribution in [1.29, 1.82) is 0 Å². The van der Waals surface area contributed by atoms with Crippen LogP contribution in [0.4, 0.5) is 18.9 Å². The van der Waals surface area contributed by atoms with Crippen molar-refractivity contribution in [2.45, 2.75) is 25.5 Å². The van der Waals surface area contributed by atoms with Gasteiger partial charge < -0.3 is 4.84 Å². The smallest absolute Gasteiger partial charge is 0.391 e. The highest BCUT2D eigenvalue weighted by molar-refractivity contribution is 7.93. The maximum Gasteiger partial charge on any atom is 0.516 e. The average Bonchev–Trinajstić information content (AvgIpc) is 2.59. The third-order valence-corrected chi connectivity index (χ3v) is 5.04. The Morgan fingerprint density at radius 3 is 2.43 bits per heavy atom. The molecule has 0 heterocycles. The number of anilines is 1. The molecule has 0 fully saturated rings. The number of nitrogens with zero attached hydrogens (tertiary/aromatic N) is 1. The van der Waals surface area contributed by atoms with Gasteiger partial charge in [0, 0.05) is 15.6 Å². The van der Waals surface area contributed by atoms with Crippen molar-refractivity contribution in [2.75, 3.05) is 4.72 Å². The van der Waals surface area contributed by atoms with Crippen molar-refractivity contribution in [2.24, 2.45) is 5.16 Å². The van der Waals surface area contributed by atoms with Crippen molar-refractivity contribution in [3.8, 4) is 0 Å². The lowest BCUT2D eigenvalue weighted by Gasteiger charge is -2.15. The first kappa shape index (κ1) is 22.3. The van der Waals surface area contributed by atoms with Gasteiger partial charge >= 0.3 is 15.5 Å². The molecule has 0 amide bonds. The van der Waals surface area contributed by atoms with Crippen LogP contribution >= 0.6 is 23.2 Å². The van der Waals surface area contributed by atoms with E-state index in [1.165, 1.54) is 16.9 Å². The number of oxime groups is 1. The molecule has 0 atom stereocenters. The first-order chi connectivity index (χ1) is 13.0. The molecule has 1 N–H and O–H groups in total. The highest BCUT2D eigenvalue weighted by atomic mass is 35.5. The van der Waals surface area contributed by atoms with E-state index in [2.05, 4.69) is 5.16 Å². The molecule has 0 bridgehead atoms. The van der Waals surface area contributed by atoms with Gasteiger partial charge in [0.25, 0.3) is 0 Å². The van der Waals surface area contributed by atoms with Gasteiger partial charge in [-0.25, -0.2) is 0 Å². The van der Waals surface area contributed by atoms with Crippen LogP contribution in [0.3, 0.4) is 0 Å². The van der Waals surface area contributed by atoms with E-state index >= 15 is 0 Å². The van der Waals surface area contributed by atoms with Gasteiger partial charge in [-0.2, -0.15) is 21.6 Å². The van der Waals surface area contributed by atoms with Crippen molar-refractivity contribution in [3.05, 3.63) is 63.6 Å². The maximum absolute atomic E-state index is 12.7. The first-order valence-corrected chi connectivity index (χ1v) is 10.1. The minimum atomic E-state index is -5.60. The summed E-state index contributed by atoms with van der Waals surface area (Å²) in [6.07, 6.45) is 0.247. The molecule has 2 aromatic rings. The summed E-state index contributed by atoms with van der Waals surface area (Å²) in [5, 5.41) is 4.64. The van der Waals surface area contributed by atoms with Gasteiger partial charge in [0.2, 0.25) is 0 Å². The standard InChI is InChI=1S/C17H15Cl2F3N2O3S/c1-2-15(23-27-10-11-4-3-5-12(18)8-11)14-9-13(19)6-7-16(14)24-28(25,26)17(20,21)22/h3-9,24H,2,10H2,1H3. The maximum atomic E-state index is 12.7. The lowest BCUT2D eigenvalue weighted by atomic mass is 10.1. The summed E-state index contributed by atoms with van der Waals surface area (Å²) in [6, 6.07) is 10.5. The zero-order chi connectivity index (χ0) is 20.9. The van der Waals surface area contributed by atoms with Gasteiger partial charge in [0.1, 0.15) is 6.61 Å². The van der Waals surface area contributed by atoms with Crippen molar-refractivity contribution in [1.82, 2.24) is 0 Å². The van der Waals surface area contributed by atoms with Crippen molar-refractivity contribution >= 4 is 44.6 Å². The summed E-state index contributed by atoms with van der Waals surface area (Å²) < 4.78 is 62.5. The number of benzene rings is 2. The number of hydrogen-bond donors (Lipinski definition) is 1. The van der Waals surface area contributed by atoms with Gasteiger partial charge in [-0.3, -0.25) is 4.72 Å². The summed E-state index contributed by atoms with van der Waals surface area (Å²) in [4.78, 5) is 5.26. The van der Waals surface area contributed by atoms with Crippen molar-refractivity contribution < 1.29 is 26.4 Å². The molecule has 0 aliphatic carbocycles. The third-order valence-electron chi connectivity index (χ3n) is 3.47. The lowest BCUT2D eigenvalue weighted by Crippen LogP contribution is -2.30. The van der Waals surface area contributed by atoms with Crippen LogP contribution in [0.15, 0.2) is 47.6 Å². The van der Waals surface area contributed by atoms with Crippen LogP contribution in [0.25, 0.3) is 0 Å². The predicted octanol–water partition coefficient (Wildman–Crippen LogP) is 5.59. The number of halogens is 5. The molecule has 0 saturated heterocycles. The average molecular weight is 455 g/mol. The molecular formula is C17H15Cl2F3N2O3S. The zero-order valence-corrected chi connectivity index (χ0v) is 16.8. The molecule has 11 heteroatoms. The summed E-state index contributed by atoms with van der Waals surface area (Å²) in [5.41, 5.74) is -4.75. The highest BCUT2D eigenvalue weighted by Crippen LogP contribution is 2.29. The molecule has 2 rings (SSSR count). The molecular weight excluding hydrogens is 440 g/mol. The fourth-order valence-corrected chi connectivity index (χ4v) is 3.13. The van der Waals surface area contributed by atoms with Gasteiger partial charge in [-0.1, -0.05) is 47.4 Å². The Kier molecular flexibility index (Phi) is 7.19. The molecule has 0 radical (unpaired) electrons. The van der Waals surface area contributed by atoms with Gasteiger partial charge in [0.05, 0.1) is 11.4 Å². The van der Waals surface area contributed by atoms with Gasteiger partial charge in [0.15, 0.2) is 0 Å². The Labute approximate surface area is 170 Å². The Morgan fingerprint density at radius 1 is 1.14 bits per heavy atom. The Morgan fingerprint density at radius 2 is 1.82 bits per heavy atom. The summed E-state index contributed by atoms with van der Waals surface area (Å²) in [6.45, 7) is 1.75. The number of sulfonamides is 1. The van der Waals surface area contributed by atoms with Crippen LogP contribution in [0.5, 0.6) is 0 Å². The fraction of sp³-hybridized carbons (Fsp3) is 0.235. The second kappa shape index (κ2) is 9.02. The Hall–Kier alpha value is -1.97. The van der Waals surface area contributed by atoms with E-state index in [-0.39, 0.29) is 35.0 Å². The van der Waals surface area contributed by atoms with E-state index < -0.39 is 15.5 Å². The lowest BCUT2D eigenvalue weighted by molar-refractivity contribution is -0.0429. The third kappa shape index (κ3) is 5.76. The number of nitrogens with one attached hydrogen (secondary N) is 1. The minimum Gasteiger partial charge on any atom is -0.391 e. The SMILES string of the molecule is CCC(=NOCc1cccc(Cl)c1)c1cc(Cl)ccc1NS(=O)(=O)C(F)(F)F. The van der Waals surface area contributed by atoms with E-state index in [1.54, 1.807) is 31.2 Å². The summed E-state index contributed by atoms with van der Waals surface area (Å²) in [7, 11) is -5.60. The zero-order valence-electron chi connectivity index (χ0n) is 14.4. The Balaban J connectivity index is 2.31. The normalized spacial score (nSPS) is 12.7. The van der Waals surface area contributed by atoms with Gasteiger partial charge in [-0.05, 0) is 42.3 Å². The van der Waals surface area contributed by atoms with Gasteiger partial charge in [-0.15, -0.1) is 0 Å². The molecule has 28 heavy (non-hydrogen) atoms. The van der Waals surface area contributed by atoms with E-state index in [4.69, 9.17) is 28.0 Å². The topological polar surface area (TPSA) is 67.8 Å². The second-order valence-corrected chi connectivity index (χ2v) is 8.08. The molecule has 0 spiro atoms. The molecule has 0 aliphatic rings. The molecule has 2 aromatic carbocycles. The van der Waals surface area contributed by atoms with Crippen LogP contribution in [0.1, 0.15) is 24.5 Å². The molecule has 0 aromatic heterocycles. The Bertz CT molecular complexity index is 980. The second-order valence-electron chi connectivity index (χ2n) is 5.54. The fourth-order valence-electron chi connectivity index (χ4n) is 2.16. The van der Waals surface area contributed by atoms with Crippen molar-refractivity contribution in [3.63, 3.8) is 0 Å². The summed E-state index contributed by atoms with van der Waals surface area (Å²) >= 11 is 11.8. The van der Waals surface area contributed by atoms with Crippen LogP contribution in [-0.2, 0) is 21.5 Å². The molecule has 0 aliphatic heterocycles. The summed E-state index contributed by atoms with van der Waals surface area (Å²) in [5.74, 6) is 0. The van der Waals surface area contributed by atoms with Crippen LogP contribution in [0.2, 0.25) is 10.0 Å². The quantitative estimate of drug-likeness (QED) is 0.438. The molecule has 0 saturated carbocycles. The molecule has 152 valence electrons. The van der Waals surface area contributed by atoms with E-state index in [9.17, 15) is 21.6 Å². The monoisotopic (exact) mass is 454 g/mol. The number of rotatable bonds is 7. The van der Waals surface area contributed by atoms with E-state index in [0.29, 0.717) is 5.02 Å². The molecule has 0 unspecified atom stereocenters. The highest BCUT2D eigenvalue weighted by Gasteiger charge is 2.46. The van der Waals surface area contributed by atoms with Crippen LogP contribution in [0, 0.1) is 0 Å². The van der Waals surface area contributed by atoms with Crippen LogP contribution < -0.4 is 4.72 Å². The van der Waals surface area contributed by atoms with E-state index in [1.807, 2.05) is 0 Å². The largest absolute Gasteiger partial charge is 0.516 e. The first-order valence-electron chi connectivity index (χ1n) is 7.85. The van der Waals surface area contributed by atoms with Crippen LogP contribution in [-0.4, -0.2) is 19.6 Å². The number of hydrogen-bond acceptors (Lipinski definition) is 4. The number of alkyl halides is 3. The molecule has 5 nitrogen and oxygen atoms in total. The minimum absolute atomic E-state index is 0.0637. The van der Waals surface area contributed by atoms with E-state index in [0.717, 1.165) is 11.6 Å².